The van der Waals surface area contributed by atoms with E-state index >= 15 is 0 Å². The zero-order chi connectivity index (χ0) is 18.2. The highest BCUT2D eigenvalue weighted by Gasteiger charge is 2.03. The van der Waals surface area contributed by atoms with Crippen molar-refractivity contribution in [2.24, 2.45) is 0 Å². The zero-order valence-electron chi connectivity index (χ0n) is 14.8. The van der Waals surface area contributed by atoms with E-state index < -0.39 is 0 Å². The Hall–Kier alpha value is -3.21. The van der Waals surface area contributed by atoms with Crippen LogP contribution >= 0.6 is 0 Å². The van der Waals surface area contributed by atoms with E-state index in [0.29, 0.717) is 11.4 Å². The summed E-state index contributed by atoms with van der Waals surface area (Å²) in [6.07, 6.45) is 3.58. The summed E-state index contributed by atoms with van der Waals surface area (Å²) >= 11 is 0. The van der Waals surface area contributed by atoms with Crippen LogP contribution in [0.2, 0.25) is 0 Å². The minimum atomic E-state index is 0.0390. The van der Waals surface area contributed by atoms with E-state index in [1.807, 2.05) is 30.3 Å². The van der Waals surface area contributed by atoms with E-state index in [1.54, 1.807) is 13.0 Å². The molecule has 1 heterocycles. The second kappa shape index (κ2) is 8.76. The Bertz CT molecular complexity index is 865. The molecule has 0 aliphatic rings. The monoisotopic (exact) mass is 346 g/mol. The molecule has 3 aromatic rings. The molecule has 132 valence electrons. The van der Waals surface area contributed by atoms with Gasteiger partial charge in [0.15, 0.2) is 5.78 Å². The third kappa shape index (κ3) is 5.14. The van der Waals surface area contributed by atoms with Crippen LogP contribution in [-0.2, 0) is 6.42 Å². The second-order valence-corrected chi connectivity index (χ2v) is 6.07. The van der Waals surface area contributed by atoms with Gasteiger partial charge in [-0.3, -0.25) is 4.79 Å². The summed E-state index contributed by atoms with van der Waals surface area (Å²) in [6, 6.07) is 19.7. The summed E-state index contributed by atoms with van der Waals surface area (Å²) in [7, 11) is 0. The lowest BCUT2D eigenvalue weighted by Crippen LogP contribution is -2.06. The number of aromatic nitrogens is 2. The molecule has 0 fully saturated rings. The number of nitrogens with one attached hydrogen (secondary N) is 2. The molecule has 1 aromatic heterocycles. The maximum absolute atomic E-state index is 11.5. The van der Waals surface area contributed by atoms with Gasteiger partial charge in [0.05, 0.1) is 0 Å². The number of benzene rings is 2. The molecule has 2 N–H and O–H groups in total. The molecular weight excluding hydrogens is 324 g/mol. The van der Waals surface area contributed by atoms with E-state index in [9.17, 15) is 4.79 Å². The highest BCUT2D eigenvalue weighted by molar-refractivity contribution is 5.95. The van der Waals surface area contributed by atoms with Gasteiger partial charge >= 0.3 is 0 Å². The normalized spacial score (nSPS) is 10.3. The predicted molar refractivity (Wildman–Crippen MR) is 105 cm³/mol. The van der Waals surface area contributed by atoms with Crippen molar-refractivity contribution >= 4 is 23.1 Å². The first-order valence-corrected chi connectivity index (χ1v) is 8.68. The molecule has 0 aliphatic heterocycles. The highest BCUT2D eigenvalue weighted by atomic mass is 16.1. The van der Waals surface area contributed by atoms with Crippen LogP contribution < -0.4 is 10.6 Å². The minimum absolute atomic E-state index is 0.0390. The average molecular weight is 346 g/mol. The molecule has 0 bridgehead atoms. The summed E-state index contributed by atoms with van der Waals surface area (Å²) < 4.78 is 0. The number of carbonyl (C=O) groups is 1. The third-order valence-corrected chi connectivity index (χ3v) is 4.00. The number of hydrogen-bond acceptors (Lipinski definition) is 5. The fraction of sp³-hybridized carbons (Fsp3) is 0.190. The lowest BCUT2D eigenvalue weighted by atomic mass is 10.1. The second-order valence-electron chi connectivity index (χ2n) is 6.07. The number of aryl methyl sites for hydroxylation is 1. The summed E-state index contributed by atoms with van der Waals surface area (Å²) in [4.78, 5) is 20.0. The Kier molecular flexibility index (Phi) is 5.93. The summed E-state index contributed by atoms with van der Waals surface area (Å²) in [6.45, 7) is 2.40. The van der Waals surface area contributed by atoms with E-state index in [0.717, 1.165) is 30.9 Å². The SMILES string of the molecule is CC(=O)c1cccc(Nc2cc(NCCCc3ccccc3)ncn2)c1. The predicted octanol–water partition coefficient (Wildman–Crippen LogP) is 4.47. The zero-order valence-corrected chi connectivity index (χ0v) is 14.8. The Labute approximate surface area is 153 Å². The van der Waals surface area contributed by atoms with Gasteiger partial charge in [0, 0.05) is 23.9 Å². The van der Waals surface area contributed by atoms with Crippen LogP contribution in [0.3, 0.4) is 0 Å². The first-order chi connectivity index (χ1) is 12.7. The van der Waals surface area contributed by atoms with Gasteiger partial charge in [0.2, 0.25) is 0 Å². The van der Waals surface area contributed by atoms with Crippen LogP contribution in [0.25, 0.3) is 0 Å². The number of ketones is 1. The van der Waals surface area contributed by atoms with Gasteiger partial charge in [-0.1, -0.05) is 42.5 Å². The van der Waals surface area contributed by atoms with Gasteiger partial charge in [-0.25, -0.2) is 9.97 Å². The molecular formula is C21H22N4O. The van der Waals surface area contributed by atoms with Crippen LogP contribution in [0.1, 0.15) is 29.3 Å². The fourth-order valence-electron chi connectivity index (χ4n) is 2.64. The van der Waals surface area contributed by atoms with Crippen LogP contribution in [0, 0.1) is 0 Å². The first kappa shape index (κ1) is 17.6. The molecule has 5 heteroatoms. The fourth-order valence-corrected chi connectivity index (χ4v) is 2.64. The van der Waals surface area contributed by atoms with E-state index in [2.05, 4.69) is 44.9 Å². The van der Waals surface area contributed by atoms with Crippen molar-refractivity contribution in [2.45, 2.75) is 19.8 Å². The van der Waals surface area contributed by atoms with Crippen molar-refractivity contribution in [3.05, 3.63) is 78.1 Å². The molecule has 0 unspecified atom stereocenters. The van der Waals surface area contributed by atoms with Crippen molar-refractivity contribution < 1.29 is 4.79 Å². The molecule has 0 saturated carbocycles. The largest absolute Gasteiger partial charge is 0.370 e. The van der Waals surface area contributed by atoms with Crippen LogP contribution in [-0.4, -0.2) is 22.3 Å². The van der Waals surface area contributed by atoms with Crippen molar-refractivity contribution in [2.75, 3.05) is 17.2 Å². The topological polar surface area (TPSA) is 66.9 Å². The molecule has 26 heavy (non-hydrogen) atoms. The smallest absolute Gasteiger partial charge is 0.159 e. The number of hydrogen-bond donors (Lipinski definition) is 2. The maximum atomic E-state index is 11.5. The Morgan fingerprint density at radius 2 is 1.77 bits per heavy atom. The van der Waals surface area contributed by atoms with Crippen LogP contribution in [0.5, 0.6) is 0 Å². The quantitative estimate of drug-likeness (QED) is 0.465. The molecule has 3 rings (SSSR count). The maximum Gasteiger partial charge on any atom is 0.159 e. The van der Waals surface area contributed by atoms with Crippen molar-refractivity contribution in [1.82, 2.24) is 9.97 Å². The van der Waals surface area contributed by atoms with Gasteiger partial charge in [-0.05, 0) is 37.5 Å². The number of carbonyl (C=O) groups excluding carboxylic acids is 1. The lowest BCUT2D eigenvalue weighted by molar-refractivity contribution is 0.101. The average Bonchev–Trinajstić information content (AvgIpc) is 2.67. The number of rotatable bonds is 8. The van der Waals surface area contributed by atoms with Gasteiger partial charge in [0.1, 0.15) is 18.0 Å². The minimum Gasteiger partial charge on any atom is -0.370 e. The van der Waals surface area contributed by atoms with Gasteiger partial charge in [0.25, 0.3) is 0 Å². The van der Waals surface area contributed by atoms with Gasteiger partial charge in [-0.2, -0.15) is 0 Å². The van der Waals surface area contributed by atoms with Crippen LogP contribution in [0.4, 0.5) is 17.3 Å². The Balaban J connectivity index is 1.54. The Morgan fingerprint density at radius 3 is 2.58 bits per heavy atom. The van der Waals surface area contributed by atoms with E-state index in [1.165, 1.54) is 11.9 Å². The van der Waals surface area contributed by atoms with Crippen molar-refractivity contribution in [3.63, 3.8) is 0 Å². The van der Waals surface area contributed by atoms with Crippen LogP contribution in [0.15, 0.2) is 67.0 Å². The van der Waals surface area contributed by atoms with Crippen molar-refractivity contribution in [3.8, 4) is 0 Å². The van der Waals surface area contributed by atoms with Gasteiger partial charge < -0.3 is 10.6 Å². The summed E-state index contributed by atoms with van der Waals surface area (Å²) in [5.74, 6) is 1.50. The third-order valence-electron chi connectivity index (χ3n) is 4.00. The molecule has 0 amide bonds. The van der Waals surface area contributed by atoms with E-state index in [-0.39, 0.29) is 5.78 Å². The van der Waals surface area contributed by atoms with E-state index in [4.69, 9.17) is 0 Å². The number of Topliss-reactive ketones (excluding diaryl/α,β-unsaturated/α-hetero) is 1. The summed E-state index contributed by atoms with van der Waals surface area (Å²) in [5, 5.41) is 6.54. The molecule has 0 saturated heterocycles. The van der Waals surface area contributed by atoms with Crippen molar-refractivity contribution in [1.29, 1.82) is 0 Å². The highest BCUT2D eigenvalue weighted by Crippen LogP contribution is 2.18. The molecule has 0 spiro atoms. The first-order valence-electron chi connectivity index (χ1n) is 8.68. The molecule has 0 atom stereocenters. The summed E-state index contributed by atoms with van der Waals surface area (Å²) in [5.41, 5.74) is 2.83. The molecule has 2 aromatic carbocycles. The number of anilines is 3. The Morgan fingerprint density at radius 1 is 0.962 bits per heavy atom. The molecule has 0 radical (unpaired) electrons. The standard InChI is InChI=1S/C21H22N4O/c1-16(26)18-10-5-11-19(13-18)25-21-14-20(23-15-24-21)22-12-6-9-17-7-3-2-4-8-17/h2-5,7-8,10-11,13-15H,6,9,12H2,1H3,(H2,22,23,24,25). The molecule has 5 nitrogen and oxygen atoms in total. The molecule has 0 aliphatic carbocycles. The van der Waals surface area contributed by atoms with Gasteiger partial charge in [-0.15, -0.1) is 0 Å². The number of nitrogens with zero attached hydrogens (tertiary/aromatic N) is 2. The lowest BCUT2D eigenvalue weighted by Gasteiger charge is -2.09.